The number of methoxy groups -OCH3 is 1. The zero-order chi connectivity index (χ0) is 27.1. The number of nitrogens with zero attached hydrogens (tertiary/aromatic N) is 5. The van der Waals surface area contributed by atoms with Crippen LogP contribution in [0.15, 0.2) is 30.3 Å². The Kier molecular flexibility index (Phi) is 9.05. The van der Waals surface area contributed by atoms with Crippen molar-refractivity contribution >= 4 is 17.5 Å². The summed E-state index contributed by atoms with van der Waals surface area (Å²) in [5.74, 6) is -0.754. The van der Waals surface area contributed by atoms with Crippen LogP contribution in [0.2, 0.25) is 0 Å². The monoisotopic (exact) mass is 530 g/mol. The molecule has 204 valence electrons. The van der Waals surface area contributed by atoms with Gasteiger partial charge in [0.05, 0.1) is 17.6 Å². The van der Waals surface area contributed by atoms with Crippen LogP contribution >= 0.6 is 0 Å². The van der Waals surface area contributed by atoms with Crippen LogP contribution < -0.4 is 15.1 Å². The highest BCUT2D eigenvalue weighted by Crippen LogP contribution is 2.33. The Balaban J connectivity index is 1.41. The Morgan fingerprint density at radius 3 is 2.42 bits per heavy atom. The van der Waals surface area contributed by atoms with Gasteiger partial charge in [0.25, 0.3) is 0 Å². The Bertz CT molecular complexity index is 1130. The van der Waals surface area contributed by atoms with E-state index in [0.29, 0.717) is 70.1 Å². The smallest absolute Gasteiger partial charge is 0.384 e. The topological polar surface area (TPSA) is 94.4 Å². The van der Waals surface area contributed by atoms with Crippen LogP contribution in [0.3, 0.4) is 0 Å². The van der Waals surface area contributed by atoms with Crippen molar-refractivity contribution in [1.29, 1.82) is 5.26 Å². The van der Waals surface area contributed by atoms with E-state index in [4.69, 9.17) is 10.00 Å². The summed E-state index contributed by atoms with van der Waals surface area (Å²) < 4.78 is 46.4. The summed E-state index contributed by atoms with van der Waals surface area (Å²) in [5, 5.41) is 11.9. The van der Waals surface area contributed by atoms with E-state index in [-0.39, 0.29) is 23.5 Å². The number of hydrogen-bond donors (Lipinski definition) is 1. The Morgan fingerprint density at radius 2 is 1.79 bits per heavy atom. The summed E-state index contributed by atoms with van der Waals surface area (Å²) in [7, 11) is 1.65. The van der Waals surface area contributed by atoms with Crippen molar-refractivity contribution in [2.24, 2.45) is 11.8 Å². The average Bonchev–Trinajstić information content (AvgIpc) is 2.93. The number of aromatic nitrogens is 2. The van der Waals surface area contributed by atoms with Crippen molar-refractivity contribution in [3.63, 3.8) is 0 Å². The zero-order valence-corrected chi connectivity index (χ0v) is 21.5. The fourth-order valence-corrected chi connectivity index (χ4v) is 5.06. The fraction of sp³-hybridized carbons (Fsp3) is 0.556. The van der Waals surface area contributed by atoms with Crippen molar-refractivity contribution in [1.82, 2.24) is 15.3 Å². The molecule has 4 rings (SSSR count). The number of nitriles is 1. The molecule has 11 heteroatoms. The fourth-order valence-electron chi connectivity index (χ4n) is 5.06. The Morgan fingerprint density at radius 1 is 1.11 bits per heavy atom. The minimum atomic E-state index is -4.67. The SMILES string of the molecule is COCC1CCN(c2cc(N3CCCC(C(=O)NCCc4ccc(C#N)cc4)C3)nc(C(F)(F)F)n2)CC1. The quantitative estimate of drug-likeness (QED) is 0.555. The third-order valence-electron chi connectivity index (χ3n) is 7.21. The number of rotatable bonds is 8. The summed E-state index contributed by atoms with van der Waals surface area (Å²) in [5.41, 5.74) is 1.59. The maximum absolute atomic E-state index is 13.7. The molecule has 0 spiro atoms. The van der Waals surface area contributed by atoms with Gasteiger partial charge in [-0.2, -0.15) is 18.4 Å². The third-order valence-corrected chi connectivity index (χ3v) is 7.21. The normalized spacial score (nSPS) is 18.8. The highest BCUT2D eigenvalue weighted by atomic mass is 19.4. The molecule has 2 aliphatic rings. The maximum atomic E-state index is 13.7. The first-order chi connectivity index (χ1) is 18.3. The molecule has 8 nitrogen and oxygen atoms in total. The summed E-state index contributed by atoms with van der Waals surface area (Å²) >= 11 is 0. The second-order valence-electron chi connectivity index (χ2n) is 9.93. The molecule has 0 radical (unpaired) electrons. The third kappa shape index (κ3) is 7.13. The number of nitrogens with one attached hydrogen (secondary N) is 1. The molecule has 1 unspecified atom stereocenters. The molecule has 1 aromatic carbocycles. The summed E-state index contributed by atoms with van der Waals surface area (Å²) in [6, 6.07) is 10.9. The van der Waals surface area contributed by atoms with E-state index in [1.165, 1.54) is 0 Å². The van der Waals surface area contributed by atoms with Crippen molar-refractivity contribution in [3.8, 4) is 6.07 Å². The molecule has 0 saturated carbocycles. The Hall–Kier alpha value is -3.39. The van der Waals surface area contributed by atoms with E-state index in [1.807, 2.05) is 17.0 Å². The second-order valence-corrected chi connectivity index (χ2v) is 9.93. The number of alkyl halides is 3. The molecule has 1 aromatic heterocycles. The molecular formula is C27H33F3N6O2. The van der Waals surface area contributed by atoms with Crippen molar-refractivity contribution in [2.75, 3.05) is 56.2 Å². The van der Waals surface area contributed by atoms with Gasteiger partial charge in [0.2, 0.25) is 11.7 Å². The molecule has 2 saturated heterocycles. The standard InChI is InChI=1S/C27H33F3N6O2/c1-38-18-21-9-13-35(14-10-21)23-15-24(34-26(33-23)27(28,29)30)36-12-2-3-22(17-36)25(37)32-11-8-19-4-6-20(16-31)7-5-19/h4-7,15,21-22H,2-3,8-14,17-18H2,1H3,(H,32,37). The van der Waals surface area contributed by atoms with E-state index in [9.17, 15) is 18.0 Å². The highest BCUT2D eigenvalue weighted by molar-refractivity contribution is 5.79. The largest absolute Gasteiger partial charge is 0.451 e. The molecule has 2 aliphatic heterocycles. The molecular weight excluding hydrogens is 497 g/mol. The second kappa shape index (κ2) is 12.4. The summed E-state index contributed by atoms with van der Waals surface area (Å²) in [6.45, 7) is 3.11. The van der Waals surface area contributed by atoms with Crippen LogP contribution in [0.4, 0.5) is 24.8 Å². The first kappa shape index (κ1) is 27.6. The number of carbonyl (C=O) groups excluding carboxylic acids is 1. The first-order valence-corrected chi connectivity index (χ1v) is 13.0. The van der Waals surface area contributed by atoms with Gasteiger partial charge >= 0.3 is 6.18 Å². The van der Waals surface area contributed by atoms with Crippen LogP contribution in [0.5, 0.6) is 0 Å². The van der Waals surface area contributed by atoms with Crippen molar-refractivity contribution in [3.05, 3.63) is 47.3 Å². The number of anilines is 2. The lowest BCUT2D eigenvalue weighted by Gasteiger charge is -2.35. The highest BCUT2D eigenvalue weighted by Gasteiger charge is 2.37. The van der Waals surface area contributed by atoms with Crippen molar-refractivity contribution in [2.45, 2.75) is 38.3 Å². The van der Waals surface area contributed by atoms with E-state index in [0.717, 1.165) is 18.4 Å². The summed E-state index contributed by atoms with van der Waals surface area (Å²) in [6.07, 6.45) is -1.06. The van der Waals surface area contributed by atoms with Gasteiger partial charge in [-0.25, -0.2) is 9.97 Å². The molecule has 2 aromatic rings. The minimum Gasteiger partial charge on any atom is -0.384 e. The lowest BCUT2D eigenvalue weighted by atomic mass is 9.96. The molecule has 2 fully saturated rings. The number of halogens is 3. The molecule has 3 heterocycles. The van der Waals surface area contributed by atoms with E-state index in [1.54, 1.807) is 30.2 Å². The average molecular weight is 531 g/mol. The molecule has 1 atom stereocenters. The number of hydrogen-bond acceptors (Lipinski definition) is 7. The summed E-state index contributed by atoms with van der Waals surface area (Å²) in [4.78, 5) is 24.3. The minimum absolute atomic E-state index is 0.117. The van der Waals surface area contributed by atoms with Crippen LogP contribution in [0.25, 0.3) is 0 Å². The molecule has 38 heavy (non-hydrogen) atoms. The van der Waals surface area contributed by atoms with Crippen LogP contribution in [-0.4, -0.2) is 62.3 Å². The Labute approximate surface area is 220 Å². The number of amides is 1. The number of carbonyl (C=O) groups is 1. The van der Waals surface area contributed by atoms with E-state index < -0.39 is 12.0 Å². The predicted octanol–water partition coefficient (Wildman–Crippen LogP) is 3.81. The number of ether oxygens (including phenoxy) is 1. The van der Waals surface area contributed by atoms with Gasteiger partial charge in [0, 0.05) is 52.5 Å². The van der Waals surface area contributed by atoms with Gasteiger partial charge in [-0.15, -0.1) is 0 Å². The predicted molar refractivity (Wildman–Crippen MR) is 137 cm³/mol. The lowest BCUT2D eigenvalue weighted by molar-refractivity contribution is -0.144. The van der Waals surface area contributed by atoms with Gasteiger partial charge < -0.3 is 19.9 Å². The van der Waals surface area contributed by atoms with Crippen LogP contribution in [-0.2, 0) is 22.1 Å². The molecule has 1 amide bonds. The van der Waals surface area contributed by atoms with E-state index in [2.05, 4.69) is 21.4 Å². The van der Waals surface area contributed by atoms with Gasteiger partial charge in [0.15, 0.2) is 0 Å². The zero-order valence-electron chi connectivity index (χ0n) is 21.5. The first-order valence-electron chi connectivity index (χ1n) is 13.0. The maximum Gasteiger partial charge on any atom is 0.451 e. The molecule has 1 N–H and O–H groups in total. The van der Waals surface area contributed by atoms with Crippen molar-refractivity contribution < 1.29 is 22.7 Å². The molecule has 0 bridgehead atoms. The number of piperidine rings is 2. The van der Waals surface area contributed by atoms with Crippen LogP contribution in [0, 0.1) is 23.2 Å². The van der Waals surface area contributed by atoms with Gasteiger partial charge in [-0.05, 0) is 55.7 Å². The number of benzene rings is 1. The van der Waals surface area contributed by atoms with Crippen LogP contribution in [0.1, 0.15) is 42.6 Å². The van der Waals surface area contributed by atoms with Gasteiger partial charge in [-0.1, -0.05) is 12.1 Å². The molecule has 0 aliphatic carbocycles. The van der Waals surface area contributed by atoms with Gasteiger partial charge in [0.1, 0.15) is 11.6 Å². The van der Waals surface area contributed by atoms with E-state index >= 15 is 0 Å². The van der Waals surface area contributed by atoms with Gasteiger partial charge in [-0.3, -0.25) is 4.79 Å². The lowest BCUT2D eigenvalue weighted by Crippen LogP contribution is -2.44.